The molecule has 5 nitrogen and oxygen atoms in total. The molecule has 0 bridgehead atoms. The van der Waals surface area contributed by atoms with Crippen LogP contribution in [0.1, 0.15) is 5.56 Å². The summed E-state index contributed by atoms with van der Waals surface area (Å²) in [4.78, 5) is 23.1. The van der Waals surface area contributed by atoms with Crippen LogP contribution in [-0.2, 0) is 17.8 Å². The van der Waals surface area contributed by atoms with Crippen molar-refractivity contribution in [3.63, 3.8) is 0 Å². The summed E-state index contributed by atoms with van der Waals surface area (Å²) in [5.74, 6) is -0.299. The largest absolute Gasteiger partial charge is 0.344 e. The molecule has 0 saturated heterocycles. The molecule has 6 heteroatoms. The Morgan fingerprint density at radius 3 is 2.59 bits per heavy atom. The molecule has 0 aliphatic rings. The van der Waals surface area contributed by atoms with E-state index in [4.69, 9.17) is 0 Å². The molecule has 0 fully saturated rings. The third kappa shape index (κ3) is 4.16. The minimum atomic E-state index is -0.290. The molecule has 3 aromatic heterocycles. The number of amides is 1. The molecule has 146 valence electrons. The third-order valence-corrected chi connectivity index (χ3v) is 5.00. The van der Waals surface area contributed by atoms with E-state index in [2.05, 4.69) is 9.97 Å². The molecule has 0 radical (unpaired) electrons. The SMILES string of the molecule is CN(CCc1ccncc1)C(=O)Cn1c(-c2ccc(F)cc2)cc2cccnc21. The quantitative estimate of drug-likeness (QED) is 0.503. The first-order valence-corrected chi connectivity index (χ1v) is 9.45. The van der Waals surface area contributed by atoms with E-state index >= 15 is 0 Å². The Hall–Kier alpha value is -3.54. The fraction of sp³-hybridized carbons (Fsp3) is 0.174. The van der Waals surface area contributed by atoms with Crippen LogP contribution in [0, 0.1) is 5.82 Å². The van der Waals surface area contributed by atoms with Crippen molar-refractivity contribution in [3.8, 4) is 11.3 Å². The summed E-state index contributed by atoms with van der Waals surface area (Å²) in [6.45, 7) is 0.779. The fourth-order valence-corrected chi connectivity index (χ4v) is 3.33. The lowest BCUT2D eigenvalue weighted by Gasteiger charge is -2.19. The van der Waals surface area contributed by atoms with Crippen LogP contribution in [0.2, 0.25) is 0 Å². The lowest BCUT2D eigenvalue weighted by Crippen LogP contribution is -2.32. The van der Waals surface area contributed by atoms with Crippen LogP contribution >= 0.6 is 0 Å². The Morgan fingerprint density at radius 2 is 1.83 bits per heavy atom. The number of aromatic nitrogens is 3. The Balaban J connectivity index is 1.58. The highest BCUT2D eigenvalue weighted by Crippen LogP contribution is 2.27. The second kappa shape index (κ2) is 8.22. The van der Waals surface area contributed by atoms with Crippen molar-refractivity contribution in [2.24, 2.45) is 0 Å². The molecule has 0 aliphatic carbocycles. The van der Waals surface area contributed by atoms with Crippen molar-refractivity contribution in [1.82, 2.24) is 19.4 Å². The maximum absolute atomic E-state index is 13.4. The van der Waals surface area contributed by atoms with Gasteiger partial charge in [0.15, 0.2) is 0 Å². The van der Waals surface area contributed by atoms with Gasteiger partial charge in [-0.25, -0.2) is 9.37 Å². The Kier molecular flexibility index (Phi) is 5.33. The minimum Gasteiger partial charge on any atom is -0.344 e. The molecule has 0 spiro atoms. The predicted octanol–water partition coefficient (Wildman–Crippen LogP) is 3.94. The second-order valence-electron chi connectivity index (χ2n) is 6.96. The van der Waals surface area contributed by atoms with Crippen LogP contribution < -0.4 is 0 Å². The number of fused-ring (bicyclic) bond motifs is 1. The van der Waals surface area contributed by atoms with Gasteiger partial charge in [-0.05, 0) is 72.1 Å². The summed E-state index contributed by atoms with van der Waals surface area (Å²) >= 11 is 0. The minimum absolute atomic E-state index is 0.00873. The van der Waals surface area contributed by atoms with Crippen molar-refractivity contribution in [2.45, 2.75) is 13.0 Å². The van der Waals surface area contributed by atoms with Gasteiger partial charge in [-0.3, -0.25) is 9.78 Å². The first kappa shape index (κ1) is 18.8. The number of rotatable bonds is 6. The van der Waals surface area contributed by atoms with Crippen molar-refractivity contribution in [3.05, 3.63) is 84.6 Å². The zero-order valence-corrected chi connectivity index (χ0v) is 16.1. The van der Waals surface area contributed by atoms with Gasteiger partial charge >= 0.3 is 0 Å². The van der Waals surface area contributed by atoms with Gasteiger partial charge in [-0.1, -0.05) is 0 Å². The number of hydrogen-bond acceptors (Lipinski definition) is 3. The second-order valence-corrected chi connectivity index (χ2v) is 6.96. The van der Waals surface area contributed by atoms with E-state index in [0.717, 1.165) is 34.3 Å². The van der Waals surface area contributed by atoms with Gasteiger partial charge in [0.05, 0.1) is 5.69 Å². The summed E-state index contributed by atoms with van der Waals surface area (Å²) in [7, 11) is 1.81. The van der Waals surface area contributed by atoms with Gasteiger partial charge in [-0.2, -0.15) is 0 Å². The highest BCUT2D eigenvalue weighted by Gasteiger charge is 2.17. The number of pyridine rings is 2. The normalized spacial score (nSPS) is 11.0. The number of carbonyl (C=O) groups excluding carboxylic acids is 1. The molecule has 0 unspecified atom stereocenters. The van der Waals surface area contributed by atoms with Gasteiger partial charge in [0.2, 0.25) is 5.91 Å². The van der Waals surface area contributed by atoms with Crippen molar-refractivity contribution in [2.75, 3.05) is 13.6 Å². The number of nitrogens with zero attached hydrogens (tertiary/aromatic N) is 4. The molecule has 4 rings (SSSR count). The summed E-state index contributed by atoms with van der Waals surface area (Å²) in [5.41, 5.74) is 3.56. The molecule has 29 heavy (non-hydrogen) atoms. The number of halogens is 1. The van der Waals surface area contributed by atoms with Crippen molar-refractivity contribution in [1.29, 1.82) is 0 Å². The molecule has 0 saturated carbocycles. The summed E-state index contributed by atoms with van der Waals surface area (Å²) in [6, 6.07) is 16.0. The lowest BCUT2D eigenvalue weighted by atomic mass is 10.1. The Bertz CT molecular complexity index is 1120. The average molecular weight is 388 g/mol. The van der Waals surface area contributed by atoms with E-state index in [9.17, 15) is 9.18 Å². The summed E-state index contributed by atoms with van der Waals surface area (Å²) in [5, 5.41) is 0.944. The van der Waals surface area contributed by atoms with Crippen LogP contribution in [0.4, 0.5) is 4.39 Å². The molecule has 0 N–H and O–H groups in total. The average Bonchev–Trinajstić information content (AvgIpc) is 3.11. The van der Waals surface area contributed by atoms with Crippen LogP contribution in [0.25, 0.3) is 22.3 Å². The number of carbonyl (C=O) groups is 1. The topological polar surface area (TPSA) is 51.0 Å². The van der Waals surface area contributed by atoms with Crippen LogP contribution in [0.15, 0.2) is 73.2 Å². The van der Waals surface area contributed by atoms with E-state index in [-0.39, 0.29) is 18.3 Å². The van der Waals surface area contributed by atoms with Crippen molar-refractivity contribution < 1.29 is 9.18 Å². The van der Waals surface area contributed by atoms with Gasteiger partial charge in [-0.15, -0.1) is 0 Å². The lowest BCUT2D eigenvalue weighted by molar-refractivity contribution is -0.130. The Labute approximate surface area is 168 Å². The number of benzene rings is 1. The molecular formula is C23H21FN4O. The van der Waals surface area contributed by atoms with Crippen LogP contribution in [-0.4, -0.2) is 38.9 Å². The molecule has 0 atom stereocenters. The van der Waals surface area contributed by atoms with Gasteiger partial charge in [0.25, 0.3) is 0 Å². The summed E-state index contributed by atoms with van der Waals surface area (Å²) in [6.07, 6.45) is 5.98. The highest BCUT2D eigenvalue weighted by atomic mass is 19.1. The molecular weight excluding hydrogens is 367 g/mol. The van der Waals surface area contributed by atoms with Gasteiger partial charge < -0.3 is 9.47 Å². The highest BCUT2D eigenvalue weighted by molar-refractivity contribution is 5.87. The summed E-state index contributed by atoms with van der Waals surface area (Å²) < 4.78 is 15.3. The third-order valence-electron chi connectivity index (χ3n) is 5.00. The zero-order valence-electron chi connectivity index (χ0n) is 16.1. The van der Waals surface area contributed by atoms with Crippen LogP contribution in [0.3, 0.4) is 0 Å². The maximum atomic E-state index is 13.4. The smallest absolute Gasteiger partial charge is 0.242 e. The van der Waals surface area contributed by atoms with Gasteiger partial charge in [0.1, 0.15) is 18.0 Å². The molecule has 3 heterocycles. The fourth-order valence-electron chi connectivity index (χ4n) is 3.33. The standard InChI is InChI=1S/C23H21FN4O/c1-27(14-10-17-8-12-25-13-9-17)22(29)16-28-21(18-4-6-20(24)7-5-18)15-19-3-2-11-26-23(19)28/h2-9,11-13,15H,10,14,16H2,1H3. The Morgan fingerprint density at radius 1 is 1.07 bits per heavy atom. The molecule has 0 aliphatic heterocycles. The monoisotopic (exact) mass is 388 g/mol. The number of likely N-dealkylation sites (N-methyl/N-ethyl adjacent to an activating group) is 1. The maximum Gasteiger partial charge on any atom is 0.242 e. The first-order chi connectivity index (χ1) is 14.1. The molecule has 4 aromatic rings. The van der Waals surface area contributed by atoms with E-state index < -0.39 is 0 Å². The first-order valence-electron chi connectivity index (χ1n) is 9.45. The van der Waals surface area contributed by atoms with E-state index in [1.807, 2.05) is 34.9 Å². The number of hydrogen-bond donors (Lipinski definition) is 0. The van der Waals surface area contributed by atoms with Crippen molar-refractivity contribution >= 4 is 16.9 Å². The van der Waals surface area contributed by atoms with E-state index in [0.29, 0.717) is 6.54 Å². The van der Waals surface area contributed by atoms with E-state index in [1.54, 1.807) is 42.7 Å². The zero-order chi connectivity index (χ0) is 20.2. The van der Waals surface area contributed by atoms with Gasteiger partial charge in [0, 0.05) is 37.6 Å². The van der Waals surface area contributed by atoms with Crippen LogP contribution in [0.5, 0.6) is 0 Å². The molecule has 1 amide bonds. The molecule has 1 aromatic carbocycles. The van der Waals surface area contributed by atoms with E-state index in [1.165, 1.54) is 12.1 Å². The predicted molar refractivity (Wildman–Crippen MR) is 111 cm³/mol.